The Morgan fingerprint density at radius 2 is 1.87 bits per heavy atom. The van der Waals surface area contributed by atoms with Crippen molar-refractivity contribution in [2.45, 2.75) is 18.9 Å². The average molecular weight is 403 g/mol. The van der Waals surface area contributed by atoms with E-state index in [1.807, 2.05) is 54.6 Å². The van der Waals surface area contributed by atoms with E-state index in [2.05, 4.69) is 20.6 Å². The number of nitrogens with zero attached hydrogens (tertiary/aromatic N) is 2. The van der Waals surface area contributed by atoms with Crippen molar-refractivity contribution in [1.29, 1.82) is 0 Å². The third-order valence-corrected chi connectivity index (χ3v) is 5.27. The number of carbonyl (C=O) groups excluding carboxylic acids is 1. The molecule has 0 amide bonds. The number of para-hydroxylation sites is 1. The molecule has 1 aliphatic rings. The first kappa shape index (κ1) is 19.8. The molecule has 0 radical (unpaired) electrons. The van der Waals surface area contributed by atoms with E-state index in [0.29, 0.717) is 17.6 Å². The molecule has 0 aliphatic carbocycles. The summed E-state index contributed by atoms with van der Waals surface area (Å²) < 4.78 is 5.86. The summed E-state index contributed by atoms with van der Waals surface area (Å²) in [5, 5.41) is 6.63. The highest BCUT2D eigenvalue weighted by atomic mass is 16.5. The van der Waals surface area contributed by atoms with Crippen LogP contribution >= 0.6 is 0 Å². The molecule has 1 aromatic heterocycles. The van der Waals surface area contributed by atoms with E-state index in [1.54, 1.807) is 0 Å². The van der Waals surface area contributed by atoms with Crippen LogP contribution in [0.4, 0.5) is 11.6 Å². The predicted octanol–water partition coefficient (Wildman–Crippen LogP) is 3.50. The summed E-state index contributed by atoms with van der Waals surface area (Å²) in [7, 11) is 0. The number of rotatable bonds is 7. The lowest BCUT2D eigenvalue weighted by Crippen LogP contribution is -2.40. The Morgan fingerprint density at radius 3 is 2.63 bits per heavy atom. The molecular formula is C23H25N5O2. The number of aromatic nitrogens is 2. The van der Waals surface area contributed by atoms with Gasteiger partial charge in [-0.05, 0) is 55.1 Å². The Balaban J connectivity index is 1.49. The first-order chi connectivity index (χ1) is 14.7. The lowest BCUT2D eigenvalue weighted by atomic mass is 9.93. The van der Waals surface area contributed by atoms with Gasteiger partial charge < -0.3 is 25.9 Å². The minimum absolute atomic E-state index is 0.0716. The topological polar surface area (TPSA) is 102 Å². The van der Waals surface area contributed by atoms with Gasteiger partial charge in [0, 0.05) is 6.54 Å². The summed E-state index contributed by atoms with van der Waals surface area (Å²) in [6.07, 6.45) is 4.28. The number of ether oxygens (including phenoxy) is 1. The zero-order valence-electron chi connectivity index (χ0n) is 16.6. The maximum Gasteiger partial charge on any atom is 0.139 e. The van der Waals surface area contributed by atoms with Gasteiger partial charge in [-0.25, -0.2) is 9.97 Å². The number of piperidine rings is 1. The zero-order chi connectivity index (χ0) is 20.8. The van der Waals surface area contributed by atoms with Gasteiger partial charge in [-0.1, -0.05) is 30.3 Å². The molecule has 0 saturated carbocycles. The van der Waals surface area contributed by atoms with Gasteiger partial charge >= 0.3 is 0 Å². The molecular weight excluding hydrogens is 378 g/mol. The standard InChI is InChI=1S/C23H25N5O2/c24-22-21(17-6-8-20(9-7-17)30-19-4-2-1-3-5-19)23(28-15-27-22)26-13-16-10-11-25-18(12-16)14-29/h1-9,14-16,18,25H,10-13H2,(H3,24,26,27,28). The Bertz CT molecular complexity index is 979. The van der Waals surface area contributed by atoms with Crippen LogP contribution in [-0.4, -0.2) is 35.4 Å². The number of aldehydes is 1. The van der Waals surface area contributed by atoms with Gasteiger partial charge in [0.1, 0.15) is 35.7 Å². The average Bonchev–Trinajstić information content (AvgIpc) is 2.79. The number of carbonyl (C=O) groups is 1. The smallest absolute Gasteiger partial charge is 0.139 e. The minimum Gasteiger partial charge on any atom is -0.457 e. The van der Waals surface area contributed by atoms with Crippen LogP contribution in [0.1, 0.15) is 12.8 Å². The molecule has 3 aromatic rings. The quantitative estimate of drug-likeness (QED) is 0.519. The van der Waals surface area contributed by atoms with Crippen LogP contribution in [0.3, 0.4) is 0 Å². The van der Waals surface area contributed by atoms with E-state index in [4.69, 9.17) is 10.5 Å². The largest absolute Gasteiger partial charge is 0.457 e. The maximum absolute atomic E-state index is 11.1. The van der Waals surface area contributed by atoms with Crippen LogP contribution in [-0.2, 0) is 4.79 Å². The SMILES string of the molecule is Nc1ncnc(NCC2CCNC(C=O)C2)c1-c1ccc(Oc2ccccc2)cc1. The fourth-order valence-corrected chi connectivity index (χ4v) is 3.70. The summed E-state index contributed by atoms with van der Waals surface area (Å²) in [5.41, 5.74) is 7.87. The number of hydrogen-bond donors (Lipinski definition) is 3. The molecule has 2 heterocycles. The highest BCUT2D eigenvalue weighted by molar-refractivity contribution is 5.83. The van der Waals surface area contributed by atoms with Crippen molar-refractivity contribution in [2.75, 3.05) is 24.1 Å². The molecule has 7 heteroatoms. The minimum atomic E-state index is -0.0716. The monoisotopic (exact) mass is 403 g/mol. The van der Waals surface area contributed by atoms with Crippen molar-refractivity contribution in [3.8, 4) is 22.6 Å². The molecule has 154 valence electrons. The van der Waals surface area contributed by atoms with E-state index < -0.39 is 0 Å². The fourth-order valence-electron chi connectivity index (χ4n) is 3.70. The third kappa shape index (κ3) is 4.75. The second-order valence-electron chi connectivity index (χ2n) is 7.39. The number of hydrogen-bond acceptors (Lipinski definition) is 7. The van der Waals surface area contributed by atoms with Gasteiger partial charge in [0.25, 0.3) is 0 Å². The molecule has 1 fully saturated rings. The normalized spacial score (nSPS) is 18.5. The number of nitrogens with two attached hydrogens (primary N) is 1. The Kier molecular flexibility index (Phi) is 6.20. The third-order valence-electron chi connectivity index (χ3n) is 5.27. The molecule has 4 rings (SSSR count). The van der Waals surface area contributed by atoms with Crippen LogP contribution in [0.25, 0.3) is 11.1 Å². The lowest BCUT2D eigenvalue weighted by molar-refractivity contribution is -0.110. The molecule has 0 bridgehead atoms. The zero-order valence-corrected chi connectivity index (χ0v) is 16.6. The van der Waals surface area contributed by atoms with E-state index >= 15 is 0 Å². The second-order valence-corrected chi connectivity index (χ2v) is 7.39. The van der Waals surface area contributed by atoms with Crippen molar-refractivity contribution in [3.05, 3.63) is 60.9 Å². The summed E-state index contributed by atoms with van der Waals surface area (Å²) >= 11 is 0. The highest BCUT2D eigenvalue weighted by Crippen LogP contribution is 2.33. The molecule has 1 aliphatic heterocycles. The van der Waals surface area contributed by atoms with Gasteiger partial charge in [-0.15, -0.1) is 0 Å². The molecule has 2 aromatic carbocycles. The van der Waals surface area contributed by atoms with E-state index in [9.17, 15) is 4.79 Å². The highest BCUT2D eigenvalue weighted by Gasteiger charge is 2.21. The van der Waals surface area contributed by atoms with Crippen LogP contribution in [0.2, 0.25) is 0 Å². The van der Waals surface area contributed by atoms with Crippen molar-refractivity contribution in [3.63, 3.8) is 0 Å². The molecule has 30 heavy (non-hydrogen) atoms. The summed E-state index contributed by atoms with van der Waals surface area (Å²) in [5.74, 6) is 3.03. The number of anilines is 2. The molecule has 2 unspecified atom stereocenters. The van der Waals surface area contributed by atoms with E-state index in [1.165, 1.54) is 6.33 Å². The van der Waals surface area contributed by atoms with Crippen molar-refractivity contribution < 1.29 is 9.53 Å². The molecule has 2 atom stereocenters. The lowest BCUT2D eigenvalue weighted by Gasteiger charge is -2.27. The molecule has 4 N–H and O–H groups in total. The Morgan fingerprint density at radius 1 is 1.10 bits per heavy atom. The number of nitrogen functional groups attached to an aromatic ring is 1. The summed E-state index contributed by atoms with van der Waals surface area (Å²) in [6, 6.07) is 17.3. The van der Waals surface area contributed by atoms with Gasteiger partial charge in [0.05, 0.1) is 11.6 Å². The van der Waals surface area contributed by atoms with Gasteiger partial charge in [0.2, 0.25) is 0 Å². The fraction of sp³-hybridized carbons (Fsp3) is 0.261. The molecule has 1 saturated heterocycles. The predicted molar refractivity (Wildman–Crippen MR) is 117 cm³/mol. The van der Waals surface area contributed by atoms with Crippen LogP contribution in [0.15, 0.2) is 60.9 Å². The van der Waals surface area contributed by atoms with Gasteiger partial charge in [-0.2, -0.15) is 0 Å². The number of benzene rings is 2. The first-order valence-corrected chi connectivity index (χ1v) is 10.1. The van der Waals surface area contributed by atoms with Crippen LogP contribution in [0, 0.1) is 5.92 Å². The van der Waals surface area contributed by atoms with E-state index in [-0.39, 0.29) is 6.04 Å². The Labute approximate surface area is 175 Å². The van der Waals surface area contributed by atoms with Crippen LogP contribution < -0.4 is 21.1 Å². The van der Waals surface area contributed by atoms with Gasteiger partial charge in [-0.3, -0.25) is 0 Å². The summed E-state index contributed by atoms with van der Waals surface area (Å²) in [6.45, 7) is 1.57. The van der Waals surface area contributed by atoms with Crippen LogP contribution in [0.5, 0.6) is 11.5 Å². The van der Waals surface area contributed by atoms with Crippen molar-refractivity contribution in [1.82, 2.24) is 15.3 Å². The Hall–Kier alpha value is -3.45. The second kappa shape index (κ2) is 9.37. The maximum atomic E-state index is 11.1. The molecule has 7 nitrogen and oxygen atoms in total. The molecule has 0 spiro atoms. The van der Waals surface area contributed by atoms with Gasteiger partial charge in [0.15, 0.2) is 0 Å². The summed E-state index contributed by atoms with van der Waals surface area (Å²) in [4.78, 5) is 19.7. The number of nitrogens with one attached hydrogen (secondary N) is 2. The van der Waals surface area contributed by atoms with Crippen molar-refractivity contribution in [2.24, 2.45) is 5.92 Å². The van der Waals surface area contributed by atoms with E-state index in [0.717, 1.165) is 54.8 Å². The first-order valence-electron chi connectivity index (χ1n) is 10.1. The van der Waals surface area contributed by atoms with Crippen molar-refractivity contribution >= 4 is 17.9 Å².